The highest BCUT2D eigenvalue weighted by Gasteiger charge is 2.74. The second-order valence-corrected chi connectivity index (χ2v) is 7.52. The smallest absolute Gasteiger partial charge is 0.0872 e. The molecule has 2 nitrogen and oxygen atoms in total. The molecule has 1 saturated carbocycles. The summed E-state index contributed by atoms with van der Waals surface area (Å²) in [4.78, 5) is 0. The largest absolute Gasteiger partial charge is 0.365 e. The maximum atomic E-state index is 6.43. The van der Waals surface area contributed by atoms with Crippen LogP contribution in [0.1, 0.15) is 46.7 Å². The molecule has 0 N–H and O–H groups in total. The van der Waals surface area contributed by atoms with E-state index in [4.69, 9.17) is 9.47 Å². The van der Waals surface area contributed by atoms with Crippen molar-refractivity contribution in [3.05, 3.63) is 70.8 Å². The van der Waals surface area contributed by atoms with Gasteiger partial charge < -0.3 is 9.47 Å². The molecule has 5 aliphatic rings. The molecule has 4 heterocycles. The zero-order chi connectivity index (χ0) is 14.0. The number of benzene rings is 2. The lowest BCUT2D eigenvalue weighted by molar-refractivity contribution is -0.0194. The van der Waals surface area contributed by atoms with E-state index in [2.05, 4.69) is 48.5 Å². The quantitative estimate of drug-likeness (QED) is 0.679. The van der Waals surface area contributed by atoms with E-state index in [9.17, 15) is 0 Å². The van der Waals surface area contributed by atoms with E-state index in [-0.39, 0.29) is 0 Å². The Bertz CT molecular complexity index is 684. The molecule has 4 unspecified atom stereocenters. The fraction of sp³-hybridized carbons (Fsp3) is 0.400. The first-order chi connectivity index (χ1) is 10.9. The highest BCUT2D eigenvalue weighted by molar-refractivity contribution is 5.46. The second-order valence-electron chi connectivity index (χ2n) is 7.52. The van der Waals surface area contributed by atoms with Crippen molar-refractivity contribution in [2.45, 2.75) is 24.4 Å². The van der Waals surface area contributed by atoms with Gasteiger partial charge in [0.2, 0.25) is 0 Å². The van der Waals surface area contributed by atoms with Gasteiger partial charge in [-0.2, -0.15) is 0 Å². The first-order valence-electron chi connectivity index (χ1n) is 8.42. The molecule has 8 atom stereocenters. The van der Waals surface area contributed by atoms with Crippen LogP contribution in [0.15, 0.2) is 48.5 Å². The Morgan fingerprint density at radius 3 is 1.00 bits per heavy atom. The Labute approximate surface area is 129 Å². The Balaban J connectivity index is 1.39. The molecule has 2 saturated heterocycles. The lowest BCUT2D eigenvalue weighted by atomic mass is 9.47. The first-order valence-corrected chi connectivity index (χ1v) is 8.42. The summed E-state index contributed by atoms with van der Waals surface area (Å²) in [6.07, 6.45) is 1.29. The number of rotatable bonds is 0. The molecule has 1 aliphatic carbocycles. The minimum Gasteiger partial charge on any atom is -0.365 e. The van der Waals surface area contributed by atoms with Crippen molar-refractivity contribution in [2.24, 2.45) is 23.7 Å². The molecule has 0 radical (unpaired) electrons. The van der Waals surface area contributed by atoms with E-state index < -0.39 is 0 Å². The van der Waals surface area contributed by atoms with Crippen LogP contribution in [-0.4, -0.2) is 0 Å². The Morgan fingerprint density at radius 1 is 0.455 bits per heavy atom. The number of fused-ring (bicyclic) bond motifs is 18. The van der Waals surface area contributed by atoms with Gasteiger partial charge in [0.25, 0.3) is 0 Å². The standard InChI is InChI=1S/C20H16O2/c1-2-6-10-9(5-1)17-13-14(18(10)21-17)16-15(13)19-11-7-3-4-8-12(11)20(16)22-19/h1-8,13-20H/t13?,14?,15?,16?,17-,18+,19-,20+. The van der Waals surface area contributed by atoms with Gasteiger partial charge in [0, 0.05) is 23.7 Å². The summed E-state index contributed by atoms with van der Waals surface area (Å²) in [6, 6.07) is 17.7. The Hall–Kier alpha value is -1.64. The van der Waals surface area contributed by atoms with Crippen LogP contribution >= 0.6 is 0 Å². The van der Waals surface area contributed by atoms with Gasteiger partial charge in [-0.25, -0.2) is 0 Å². The van der Waals surface area contributed by atoms with Crippen LogP contribution in [0, 0.1) is 23.7 Å². The SMILES string of the molecule is c1ccc2c(c1)[C@H]1O[C@@H]2C2C1C1C2[C@H]2O[C@@H]1c1ccccc12. The third-order valence-corrected chi connectivity index (χ3v) is 6.98. The molecule has 0 spiro atoms. The molecule has 4 bridgehead atoms. The summed E-state index contributed by atoms with van der Waals surface area (Å²) in [5.74, 6) is 2.70. The Morgan fingerprint density at radius 2 is 0.727 bits per heavy atom. The van der Waals surface area contributed by atoms with Crippen molar-refractivity contribution in [1.82, 2.24) is 0 Å². The van der Waals surface area contributed by atoms with E-state index in [1.54, 1.807) is 0 Å². The Kier molecular flexibility index (Phi) is 1.66. The normalized spacial score (nSPS) is 47.6. The molecule has 0 aromatic heterocycles. The third-order valence-electron chi connectivity index (χ3n) is 6.98. The van der Waals surface area contributed by atoms with Gasteiger partial charge in [-0.15, -0.1) is 0 Å². The molecule has 2 aromatic carbocycles. The third kappa shape index (κ3) is 0.949. The molecule has 108 valence electrons. The lowest BCUT2D eigenvalue weighted by Crippen LogP contribution is -2.50. The van der Waals surface area contributed by atoms with E-state index in [1.807, 2.05) is 0 Å². The lowest BCUT2D eigenvalue weighted by Gasteiger charge is -2.53. The van der Waals surface area contributed by atoms with E-state index in [0.717, 1.165) is 0 Å². The zero-order valence-corrected chi connectivity index (χ0v) is 12.1. The second kappa shape index (κ2) is 3.32. The van der Waals surface area contributed by atoms with Crippen molar-refractivity contribution in [1.29, 1.82) is 0 Å². The predicted molar refractivity (Wildman–Crippen MR) is 80.0 cm³/mol. The molecular formula is C20H16O2. The fourth-order valence-corrected chi connectivity index (χ4v) is 6.36. The summed E-state index contributed by atoms with van der Waals surface area (Å²) >= 11 is 0. The number of hydrogen-bond acceptors (Lipinski definition) is 2. The fourth-order valence-electron chi connectivity index (χ4n) is 6.36. The van der Waals surface area contributed by atoms with Crippen molar-refractivity contribution < 1.29 is 9.47 Å². The molecule has 4 aliphatic heterocycles. The van der Waals surface area contributed by atoms with Crippen LogP contribution in [0.25, 0.3) is 0 Å². The van der Waals surface area contributed by atoms with Gasteiger partial charge in [0.1, 0.15) is 0 Å². The molecule has 0 amide bonds. The summed E-state index contributed by atoms with van der Waals surface area (Å²) < 4.78 is 12.9. The van der Waals surface area contributed by atoms with E-state index >= 15 is 0 Å². The summed E-state index contributed by atoms with van der Waals surface area (Å²) in [5, 5.41) is 0. The highest BCUT2D eigenvalue weighted by Crippen LogP contribution is 2.78. The van der Waals surface area contributed by atoms with Gasteiger partial charge in [0.15, 0.2) is 0 Å². The van der Waals surface area contributed by atoms with Crippen molar-refractivity contribution in [3.8, 4) is 0 Å². The molecule has 2 aromatic rings. The maximum Gasteiger partial charge on any atom is 0.0872 e. The van der Waals surface area contributed by atoms with Gasteiger partial charge in [0.05, 0.1) is 24.4 Å². The van der Waals surface area contributed by atoms with Crippen LogP contribution in [-0.2, 0) is 9.47 Å². The highest BCUT2D eigenvalue weighted by atomic mass is 16.5. The van der Waals surface area contributed by atoms with Crippen molar-refractivity contribution in [2.75, 3.05) is 0 Å². The van der Waals surface area contributed by atoms with Crippen LogP contribution in [0.2, 0.25) is 0 Å². The van der Waals surface area contributed by atoms with Gasteiger partial charge in [-0.3, -0.25) is 0 Å². The first kappa shape index (κ1) is 11.0. The van der Waals surface area contributed by atoms with Crippen molar-refractivity contribution >= 4 is 0 Å². The molecule has 7 rings (SSSR count). The van der Waals surface area contributed by atoms with E-state index in [0.29, 0.717) is 48.1 Å². The molecule has 22 heavy (non-hydrogen) atoms. The minimum absolute atomic E-state index is 0.322. The van der Waals surface area contributed by atoms with Crippen molar-refractivity contribution in [3.63, 3.8) is 0 Å². The van der Waals surface area contributed by atoms with Gasteiger partial charge in [-0.05, 0) is 22.3 Å². The average molecular weight is 288 g/mol. The number of hydrogen-bond donors (Lipinski definition) is 0. The predicted octanol–water partition coefficient (Wildman–Crippen LogP) is 4.12. The van der Waals surface area contributed by atoms with Gasteiger partial charge in [-0.1, -0.05) is 48.5 Å². The average Bonchev–Trinajstić information content (AvgIpc) is 3.25. The topological polar surface area (TPSA) is 18.5 Å². The van der Waals surface area contributed by atoms with Crippen LogP contribution in [0.5, 0.6) is 0 Å². The van der Waals surface area contributed by atoms with Crippen LogP contribution in [0.4, 0.5) is 0 Å². The maximum absolute atomic E-state index is 6.43. The number of ether oxygens (including phenoxy) is 2. The zero-order valence-electron chi connectivity index (χ0n) is 12.1. The van der Waals surface area contributed by atoms with Crippen LogP contribution < -0.4 is 0 Å². The monoisotopic (exact) mass is 288 g/mol. The molecule has 3 fully saturated rings. The molecular weight excluding hydrogens is 272 g/mol. The van der Waals surface area contributed by atoms with Crippen LogP contribution in [0.3, 0.4) is 0 Å². The minimum atomic E-state index is 0.322. The van der Waals surface area contributed by atoms with E-state index in [1.165, 1.54) is 22.3 Å². The van der Waals surface area contributed by atoms with Gasteiger partial charge >= 0.3 is 0 Å². The summed E-state index contributed by atoms with van der Waals surface area (Å²) in [5.41, 5.74) is 5.79. The molecule has 2 heteroatoms. The summed E-state index contributed by atoms with van der Waals surface area (Å²) in [7, 11) is 0. The summed E-state index contributed by atoms with van der Waals surface area (Å²) in [6.45, 7) is 0.